The van der Waals surface area contributed by atoms with Gasteiger partial charge in [-0.05, 0) is 18.9 Å². The highest BCUT2D eigenvalue weighted by Gasteiger charge is 2.28. The van der Waals surface area contributed by atoms with E-state index in [1.54, 1.807) is 0 Å². The molecule has 0 unspecified atom stereocenters. The van der Waals surface area contributed by atoms with E-state index in [-0.39, 0.29) is 18.1 Å². The molecular weight excluding hydrogens is 280 g/mol. The van der Waals surface area contributed by atoms with E-state index in [4.69, 9.17) is 9.47 Å². The van der Waals surface area contributed by atoms with Crippen molar-refractivity contribution >= 4 is 5.91 Å². The van der Waals surface area contributed by atoms with Crippen LogP contribution in [0.5, 0.6) is 5.75 Å². The van der Waals surface area contributed by atoms with Crippen LogP contribution in [0.2, 0.25) is 0 Å². The van der Waals surface area contributed by atoms with Crippen LogP contribution in [-0.2, 0) is 16.1 Å². The van der Waals surface area contributed by atoms with E-state index in [0.29, 0.717) is 32.2 Å². The Balaban J connectivity index is 1.91. The van der Waals surface area contributed by atoms with E-state index >= 15 is 0 Å². The first-order chi connectivity index (χ1) is 10.6. The number of hydrogen-bond acceptors (Lipinski definition) is 4. The van der Waals surface area contributed by atoms with Crippen LogP contribution >= 0.6 is 0 Å². The van der Waals surface area contributed by atoms with Crippen molar-refractivity contribution < 1.29 is 14.3 Å². The predicted molar refractivity (Wildman–Crippen MR) is 85.8 cm³/mol. The van der Waals surface area contributed by atoms with Crippen molar-refractivity contribution in [3.63, 3.8) is 0 Å². The molecule has 0 saturated carbocycles. The van der Waals surface area contributed by atoms with Crippen LogP contribution in [0.4, 0.5) is 0 Å². The van der Waals surface area contributed by atoms with Gasteiger partial charge in [-0.25, -0.2) is 0 Å². The molecule has 1 aromatic carbocycles. The van der Waals surface area contributed by atoms with Crippen molar-refractivity contribution in [1.82, 2.24) is 10.6 Å². The first-order valence-corrected chi connectivity index (χ1v) is 7.91. The molecule has 5 heteroatoms. The monoisotopic (exact) mass is 306 g/mol. The number of benzene rings is 1. The summed E-state index contributed by atoms with van der Waals surface area (Å²) in [5, 5.41) is 6.16. The predicted octanol–water partition coefficient (Wildman–Crippen LogP) is 1.71. The molecule has 1 saturated heterocycles. The number of carbonyl (C=O) groups is 1. The minimum Gasteiger partial charge on any atom is -0.493 e. The Morgan fingerprint density at radius 3 is 2.95 bits per heavy atom. The number of nitrogens with one attached hydrogen (secondary N) is 2. The van der Waals surface area contributed by atoms with Crippen LogP contribution in [0.1, 0.15) is 26.3 Å². The summed E-state index contributed by atoms with van der Waals surface area (Å²) in [7, 11) is 0. The van der Waals surface area contributed by atoms with Gasteiger partial charge < -0.3 is 20.1 Å². The molecule has 0 spiro atoms. The van der Waals surface area contributed by atoms with Crippen molar-refractivity contribution in [2.75, 3.05) is 19.8 Å². The molecule has 1 aromatic rings. The van der Waals surface area contributed by atoms with Gasteiger partial charge in [-0.15, -0.1) is 0 Å². The van der Waals surface area contributed by atoms with Crippen LogP contribution in [0, 0.1) is 5.92 Å². The third-order valence-corrected chi connectivity index (χ3v) is 3.60. The van der Waals surface area contributed by atoms with Crippen LogP contribution in [0.3, 0.4) is 0 Å². The highest BCUT2D eigenvalue weighted by molar-refractivity contribution is 5.82. The van der Waals surface area contributed by atoms with Gasteiger partial charge in [0, 0.05) is 18.7 Å². The Kier molecular flexibility index (Phi) is 6.21. The summed E-state index contributed by atoms with van der Waals surface area (Å²) < 4.78 is 11.3. The van der Waals surface area contributed by atoms with Gasteiger partial charge in [0.15, 0.2) is 0 Å². The number of para-hydroxylation sites is 1. The van der Waals surface area contributed by atoms with Crippen LogP contribution < -0.4 is 15.4 Å². The molecule has 1 aliphatic rings. The maximum absolute atomic E-state index is 12.3. The van der Waals surface area contributed by atoms with Gasteiger partial charge in [-0.1, -0.05) is 32.0 Å². The van der Waals surface area contributed by atoms with Gasteiger partial charge in [-0.3, -0.25) is 4.79 Å². The minimum absolute atomic E-state index is 0.0362. The van der Waals surface area contributed by atoms with Crippen LogP contribution in [-0.4, -0.2) is 37.8 Å². The van der Waals surface area contributed by atoms with Crippen molar-refractivity contribution in [3.05, 3.63) is 29.8 Å². The van der Waals surface area contributed by atoms with Gasteiger partial charge in [0.25, 0.3) is 0 Å². The van der Waals surface area contributed by atoms with E-state index < -0.39 is 0 Å². The normalized spacial score (nSPS) is 21.6. The Labute approximate surface area is 132 Å². The molecule has 2 atom stereocenters. The second-order valence-corrected chi connectivity index (χ2v) is 6.04. The highest BCUT2D eigenvalue weighted by atomic mass is 16.5. The molecule has 2 rings (SSSR count). The van der Waals surface area contributed by atoms with E-state index in [9.17, 15) is 4.79 Å². The Bertz CT molecular complexity index is 491. The summed E-state index contributed by atoms with van der Waals surface area (Å²) in [6.07, 6.45) is -0.110. The number of morpholine rings is 1. The smallest absolute Gasteiger partial charge is 0.240 e. The van der Waals surface area contributed by atoms with Gasteiger partial charge in [-0.2, -0.15) is 0 Å². The fourth-order valence-electron chi connectivity index (χ4n) is 2.37. The van der Waals surface area contributed by atoms with E-state index in [2.05, 4.69) is 24.5 Å². The van der Waals surface area contributed by atoms with Gasteiger partial charge in [0.05, 0.1) is 19.3 Å². The van der Waals surface area contributed by atoms with E-state index in [0.717, 1.165) is 11.3 Å². The lowest BCUT2D eigenvalue weighted by Crippen LogP contribution is -2.55. The SMILES string of the molecule is CC(C)COc1ccccc1CNC(=O)[C@H]1NCCO[C@@H]1C. The quantitative estimate of drug-likeness (QED) is 0.840. The van der Waals surface area contributed by atoms with Crippen molar-refractivity contribution in [1.29, 1.82) is 0 Å². The molecule has 0 radical (unpaired) electrons. The first-order valence-electron chi connectivity index (χ1n) is 7.91. The summed E-state index contributed by atoms with van der Waals surface area (Å²) in [5.74, 6) is 1.26. The number of hydrogen-bond donors (Lipinski definition) is 2. The summed E-state index contributed by atoms with van der Waals surface area (Å²) >= 11 is 0. The maximum atomic E-state index is 12.3. The number of ether oxygens (including phenoxy) is 2. The van der Waals surface area contributed by atoms with Crippen molar-refractivity contribution in [2.24, 2.45) is 5.92 Å². The molecule has 0 aliphatic carbocycles. The van der Waals surface area contributed by atoms with Gasteiger partial charge in [0.1, 0.15) is 11.8 Å². The average Bonchev–Trinajstić information content (AvgIpc) is 2.51. The van der Waals surface area contributed by atoms with Crippen molar-refractivity contribution in [2.45, 2.75) is 39.5 Å². The summed E-state index contributed by atoms with van der Waals surface area (Å²) in [4.78, 5) is 12.3. The molecule has 1 aliphatic heterocycles. The molecule has 1 amide bonds. The molecule has 1 heterocycles. The summed E-state index contributed by atoms with van der Waals surface area (Å²) in [5.41, 5.74) is 0.987. The molecule has 22 heavy (non-hydrogen) atoms. The third-order valence-electron chi connectivity index (χ3n) is 3.60. The molecular formula is C17H26N2O3. The average molecular weight is 306 g/mol. The molecule has 0 aromatic heterocycles. The van der Waals surface area contributed by atoms with E-state index in [1.807, 2.05) is 31.2 Å². The number of amides is 1. The largest absolute Gasteiger partial charge is 0.493 e. The van der Waals surface area contributed by atoms with Gasteiger partial charge in [0.2, 0.25) is 5.91 Å². The second kappa shape index (κ2) is 8.15. The lowest BCUT2D eigenvalue weighted by Gasteiger charge is -2.29. The molecule has 0 bridgehead atoms. The first kappa shape index (κ1) is 16.8. The number of carbonyl (C=O) groups excluding carboxylic acids is 1. The number of rotatable bonds is 6. The lowest BCUT2D eigenvalue weighted by molar-refractivity contribution is -0.129. The van der Waals surface area contributed by atoms with Crippen molar-refractivity contribution in [3.8, 4) is 5.75 Å². The molecule has 2 N–H and O–H groups in total. The van der Waals surface area contributed by atoms with Crippen LogP contribution in [0.25, 0.3) is 0 Å². The van der Waals surface area contributed by atoms with Gasteiger partial charge >= 0.3 is 0 Å². The summed E-state index contributed by atoms with van der Waals surface area (Å²) in [6.45, 7) is 8.61. The summed E-state index contributed by atoms with van der Waals surface area (Å²) in [6, 6.07) is 7.52. The highest BCUT2D eigenvalue weighted by Crippen LogP contribution is 2.18. The Morgan fingerprint density at radius 2 is 2.23 bits per heavy atom. The molecule has 1 fully saturated rings. The standard InChI is InChI=1S/C17H26N2O3/c1-12(2)11-22-15-7-5-4-6-14(15)10-19-17(20)16-13(3)21-9-8-18-16/h4-7,12-13,16,18H,8-11H2,1-3H3,(H,19,20)/t13-,16+/m1/s1. The minimum atomic E-state index is -0.294. The topological polar surface area (TPSA) is 59.6 Å². The Hall–Kier alpha value is -1.59. The lowest BCUT2D eigenvalue weighted by atomic mass is 10.1. The molecule has 122 valence electrons. The Morgan fingerprint density at radius 1 is 1.45 bits per heavy atom. The zero-order valence-electron chi connectivity index (χ0n) is 13.6. The maximum Gasteiger partial charge on any atom is 0.240 e. The van der Waals surface area contributed by atoms with Crippen LogP contribution in [0.15, 0.2) is 24.3 Å². The fraction of sp³-hybridized carbons (Fsp3) is 0.588. The zero-order chi connectivity index (χ0) is 15.9. The second-order valence-electron chi connectivity index (χ2n) is 6.04. The fourth-order valence-corrected chi connectivity index (χ4v) is 2.37. The van der Waals surface area contributed by atoms with E-state index in [1.165, 1.54) is 0 Å². The third kappa shape index (κ3) is 4.71. The zero-order valence-corrected chi connectivity index (χ0v) is 13.6. The molecule has 5 nitrogen and oxygen atoms in total.